The van der Waals surface area contributed by atoms with Gasteiger partial charge in [-0.3, -0.25) is 0 Å². The number of rotatable bonds is 4. The van der Waals surface area contributed by atoms with E-state index in [1.54, 1.807) is 11.1 Å². The van der Waals surface area contributed by atoms with Gasteiger partial charge in [0.1, 0.15) is 0 Å². The van der Waals surface area contributed by atoms with E-state index in [9.17, 15) is 0 Å². The van der Waals surface area contributed by atoms with Gasteiger partial charge in [0.05, 0.1) is 0 Å². The second-order valence-electron chi connectivity index (χ2n) is 12.7. The molecule has 0 radical (unpaired) electrons. The van der Waals surface area contributed by atoms with E-state index in [2.05, 4.69) is 116 Å². The Bertz CT molecular complexity index is 1210. The predicted octanol–water partition coefficient (Wildman–Crippen LogP) is 9.31. The molecular weight excluding hydrogens is 432 g/mol. The van der Waals surface area contributed by atoms with Crippen LogP contribution in [0.2, 0.25) is 0 Å². The standard InChI is InChI=1S/C36H46/c1-9-25-13-11-12-14-26(10-2)34-32(28-17-21-30(22-18-28)36(6,7)8)24-23-31(33(25)34)27-15-19-29(20-16-27)35(3,4)5/h15-24H,9-14H2,1-8H3. The van der Waals surface area contributed by atoms with Crippen LogP contribution in [0, 0.1) is 0 Å². The number of hydrogen-bond acceptors (Lipinski definition) is 0. The highest BCUT2D eigenvalue weighted by molar-refractivity contribution is 5.77. The Labute approximate surface area is 220 Å². The fourth-order valence-corrected chi connectivity index (χ4v) is 5.75. The maximum Gasteiger partial charge on any atom is -0.0105 e. The van der Waals surface area contributed by atoms with Crippen LogP contribution in [0.3, 0.4) is 0 Å². The minimum absolute atomic E-state index is 0.167. The SMILES string of the molecule is CCC1=c2c(-c3ccc(C(C)(C)C)cc3)ccc(-c3ccc(C(C)(C)C)cc3)c2=C(CC)CCCC1. The van der Waals surface area contributed by atoms with Gasteiger partial charge in [-0.1, -0.05) is 127 Å². The van der Waals surface area contributed by atoms with Crippen molar-refractivity contribution in [1.82, 2.24) is 0 Å². The summed E-state index contributed by atoms with van der Waals surface area (Å²) in [5, 5.41) is 3.05. The molecule has 0 atom stereocenters. The molecule has 0 spiro atoms. The number of benzene rings is 3. The van der Waals surface area contributed by atoms with Crippen molar-refractivity contribution in [2.75, 3.05) is 0 Å². The van der Waals surface area contributed by atoms with Gasteiger partial charge >= 0.3 is 0 Å². The van der Waals surface area contributed by atoms with E-state index >= 15 is 0 Å². The van der Waals surface area contributed by atoms with Gasteiger partial charge < -0.3 is 0 Å². The Morgan fingerprint density at radius 2 is 0.833 bits per heavy atom. The van der Waals surface area contributed by atoms with Crippen LogP contribution in [-0.4, -0.2) is 0 Å². The van der Waals surface area contributed by atoms with E-state index in [4.69, 9.17) is 0 Å². The van der Waals surface area contributed by atoms with Gasteiger partial charge in [-0.25, -0.2) is 0 Å². The third kappa shape index (κ3) is 5.39. The molecule has 0 saturated heterocycles. The molecule has 0 fully saturated rings. The average molecular weight is 479 g/mol. The Balaban J connectivity index is 2.05. The van der Waals surface area contributed by atoms with Crippen molar-refractivity contribution in [3.8, 4) is 22.3 Å². The molecule has 36 heavy (non-hydrogen) atoms. The zero-order valence-corrected chi connectivity index (χ0v) is 24.0. The molecule has 0 aliphatic heterocycles. The molecule has 3 aromatic carbocycles. The summed E-state index contributed by atoms with van der Waals surface area (Å²) < 4.78 is 0. The molecule has 0 nitrogen and oxygen atoms in total. The third-order valence-corrected chi connectivity index (χ3v) is 8.10. The van der Waals surface area contributed by atoms with Crippen LogP contribution < -0.4 is 10.4 Å². The Kier molecular flexibility index (Phi) is 7.65. The largest absolute Gasteiger partial charge is 0.0620 e. The smallest absolute Gasteiger partial charge is 0.0105 e. The molecule has 0 heterocycles. The molecular formula is C36H46. The molecule has 190 valence electrons. The van der Waals surface area contributed by atoms with E-state index in [0.29, 0.717) is 0 Å². The molecule has 0 aromatic heterocycles. The van der Waals surface area contributed by atoms with E-state index < -0.39 is 0 Å². The maximum absolute atomic E-state index is 2.41. The summed E-state index contributed by atoms with van der Waals surface area (Å²) >= 11 is 0. The molecule has 0 N–H and O–H groups in total. The molecule has 0 saturated carbocycles. The van der Waals surface area contributed by atoms with Crippen molar-refractivity contribution in [1.29, 1.82) is 0 Å². The normalized spacial score (nSPS) is 14.9. The first-order valence-electron chi connectivity index (χ1n) is 14.1. The summed E-state index contributed by atoms with van der Waals surface area (Å²) in [6.45, 7) is 18.5. The quantitative estimate of drug-likeness (QED) is 0.350. The maximum atomic E-state index is 2.41. The monoisotopic (exact) mass is 478 g/mol. The topological polar surface area (TPSA) is 0 Å². The van der Waals surface area contributed by atoms with Gasteiger partial charge in [-0.15, -0.1) is 0 Å². The van der Waals surface area contributed by atoms with Crippen LogP contribution in [0.15, 0.2) is 60.7 Å². The molecule has 1 aliphatic carbocycles. The molecule has 0 unspecified atom stereocenters. The predicted molar refractivity (Wildman–Crippen MR) is 160 cm³/mol. The van der Waals surface area contributed by atoms with Crippen molar-refractivity contribution >= 4 is 11.1 Å². The van der Waals surface area contributed by atoms with E-state index in [0.717, 1.165) is 12.8 Å². The second-order valence-corrected chi connectivity index (χ2v) is 12.7. The van der Waals surface area contributed by atoms with Crippen LogP contribution in [0.4, 0.5) is 0 Å². The van der Waals surface area contributed by atoms with Crippen molar-refractivity contribution in [2.24, 2.45) is 0 Å². The van der Waals surface area contributed by atoms with Crippen LogP contribution in [-0.2, 0) is 10.8 Å². The van der Waals surface area contributed by atoms with Crippen LogP contribution in [0.1, 0.15) is 105 Å². The fourth-order valence-electron chi connectivity index (χ4n) is 5.75. The fraction of sp³-hybridized carbons (Fsp3) is 0.444. The molecule has 0 bridgehead atoms. The summed E-state index contributed by atoms with van der Waals surface area (Å²) in [6, 6.07) is 23.6. The lowest BCUT2D eigenvalue weighted by Crippen LogP contribution is -2.34. The van der Waals surface area contributed by atoms with Crippen molar-refractivity contribution in [3.63, 3.8) is 0 Å². The zero-order valence-electron chi connectivity index (χ0n) is 24.0. The minimum atomic E-state index is 0.167. The minimum Gasteiger partial charge on any atom is -0.0620 e. The van der Waals surface area contributed by atoms with E-state index in [-0.39, 0.29) is 10.8 Å². The molecule has 0 amide bonds. The van der Waals surface area contributed by atoms with Crippen LogP contribution >= 0.6 is 0 Å². The number of fused-ring (bicyclic) bond motifs is 1. The van der Waals surface area contributed by atoms with Gasteiger partial charge in [0.25, 0.3) is 0 Å². The highest BCUT2D eigenvalue weighted by Gasteiger charge is 2.18. The Hall–Kier alpha value is -2.60. The lowest BCUT2D eigenvalue weighted by Gasteiger charge is -2.22. The molecule has 0 heteroatoms. The Morgan fingerprint density at radius 3 is 1.11 bits per heavy atom. The van der Waals surface area contributed by atoms with Gasteiger partial charge in [-0.05, 0) is 93.2 Å². The summed E-state index contributed by atoms with van der Waals surface area (Å²) in [7, 11) is 0. The molecule has 1 aliphatic rings. The van der Waals surface area contributed by atoms with Crippen LogP contribution in [0.25, 0.3) is 33.4 Å². The lowest BCUT2D eigenvalue weighted by atomic mass is 9.83. The number of hydrogen-bond donors (Lipinski definition) is 0. The summed E-state index contributed by atoms with van der Waals surface area (Å²) in [5.41, 5.74) is 11.9. The first kappa shape index (κ1) is 26.5. The summed E-state index contributed by atoms with van der Waals surface area (Å²) in [5.74, 6) is 0. The lowest BCUT2D eigenvalue weighted by molar-refractivity contribution is 0.590. The summed E-state index contributed by atoms with van der Waals surface area (Å²) in [6.07, 6.45) is 7.23. The molecule has 4 rings (SSSR count). The Morgan fingerprint density at radius 1 is 0.500 bits per heavy atom. The first-order valence-corrected chi connectivity index (χ1v) is 14.1. The van der Waals surface area contributed by atoms with E-state index in [1.165, 1.54) is 69.5 Å². The van der Waals surface area contributed by atoms with Crippen LogP contribution in [0.5, 0.6) is 0 Å². The average Bonchev–Trinajstić information content (AvgIpc) is 2.83. The van der Waals surface area contributed by atoms with Crippen molar-refractivity contribution < 1.29 is 0 Å². The van der Waals surface area contributed by atoms with Crippen molar-refractivity contribution in [3.05, 3.63) is 82.2 Å². The third-order valence-electron chi connectivity index (χ3n) is 8.10. The second kappa shape index (κ2) is 10.4. The molecule has 3 aromatic rings. The summed E-state index contributed by atoms with van der Waals surface area (Å²) in [4.78, 5) is 0. The van der Waals surface area contributed by atoms with Gasteiger partial charge in [0.15, 0.2) is 0 Å². The van der Waals surface area contributed by atoms with Gasteiger partial charge in [0, 0.05) is 0 Å². The van der Waals surface area contributed by atoms with E-state index in [1.807, 2.05) is 0 Å². The first-order chi connectivity index (χ1) is 17.0. The highest BCUT2D eigenvalue weighted by Crippen LogP contribution is 2.29. The van der Waals surface area contributed by atoms with Gasteiger partial charge in [-0.2, -0.15) is 0 Å². The zero-order chi connectivity index (χ0) is 26.1. The van der Waals surface area contributed by atoms with Crippen molar-refractivity contribution in [2.45, 2.75) is 105 Å². The highest BCUT2D eigenvalue weighted by atomic mass is 14.2. The van der Waals surface area contributed by atoms with Gasteiger partial charge in [0.2, 0.25) is 0 Å².